The second-order valence-electron chi connectivity index (χ2n) is 6.35. The third-order valence-corrected chi connectivity index (χ3v) is 4.40. The van der Waals surface area contributed by atoms with Crippen molar-refractivity contribution in [3.8, 4) is 5.88 Å². The van der Waals surface area contributed by atoms with Crippen LogP contribution in [-0.4, -0.2) is 42.9 Å². The van der Waals surface area contributed by atoms with Crippen LogP contribution in [0.2, 0.25) is 0 Å². The van der Waals surface area contributed by atoms with Crippen molar-refractivity contribution >= 4 is 17.4 Å². The summed E-state index contributed by atoms with van der Waals surface area (Å²) >= 11 is 0. The van der Waals surface area contributed by atoms with E-state index in [-0.39, 0.29) is 61.3 Å². The highest BCUT2D eigenvalue weighted by atomic mass is 19.4. The van der Waals surface area contributed by atoms with Crippen molar-refractivity contribution in [1.29, 1.82) is 0 Å². The Morgan fingerprint density at radius 1 is 1.25 bits per heavy atom. The van der Waals surface area contributed by atoms with E-state index in [0.29, 0.717) is 0 Å². The number of rotatable bonds is 8. The molecule has 1 aliphatic rings. The molecule has 1 aromatic heterocycles. The van der Waals surface area contributed by atoms with Crippen LogP contribution in [0.5, 0.6) is 5.88 Å². The van der Waals surface area contributed by atoms with Crippen molar-refractivity contribution in [2.75, 3.05) is 24.3 Å². The molecular weight excluding hydrogens is 391 g/mol. The molecule has 1 saturated carbocycles. The SMILES string of the molecule is NC(=O)c1cc(NC2CCC(C(F)(F)F)CC2)c(N)nc1OCCOC(F)F. The molecule has 0 bridgehead atoms. The normalized spacial score (nSPS) is 20.2. The second-order valence-corrected chi connectivity index (χ2v) is 6.35. The summed E-state index contributed by atoms with van der Waals surface area (Å²) in [6, 6.07) is 1.01. The van der Waals surface area contributed by atoms with Crippen LogP contribution in [0.1, 0.15) is 36.0 Å². The van der Waals surface area contributed by atoms with Gasteiger partial charge in [0.05, 0.1) is 18.2 Å². The fourth-order valence-electron chi connectivity index (χ4n) is 2.97. The van der Waals surface area contributed by atoms with E-state index in [1.165, 1.54) is 6.07 Å². The summed E-state index contributed by atoms with van der Waals surface area (Å²) in [5, 5.41) is 2.98. The molecule has 2 rings (SSSR count). The van der Waals surface area contributed by atoms with Gasteiger partial charge in [0.15, 0.2) is 5.82 Å². The summed E-state index contributed by atoms with van der Waals surface area (Å²) in [5.41, 5.74) is 11.2. The predicted molar refractivity (Wildman–Crippen MR) is 90.0 cm³/mol. The predicted octanol–water partition coefficient (Wildman–Crippen LogP) is 2.91. The smallest absolute Gasteiger partial charge is 0.391 e. The van der Waals surface area contributed by atoms with Crippen molar-refractivity contribution in [2.45, 2.75) is 44.5 Å². The van der Waals surface area contributed by atoms with Crippen LogP contribution in [0, 0.1) is 5.92 Å². The van der Waals surface area contributed by atoms with Crippen LogP contribution in [0.3, 0.4) is 0 Å². The first kappa shape index (κ1) is 21.9. The number of nitrogens with zero attached hydrogens (tertiary/aromatic N) is 1. The fraction of sp³-hybridized carbons (Fsp3) is 0.625. The molecule has 0 aliphatic heterocycles. The zero-order valence-electron chi connectivity index (χ0n) is 14.8. The average Bonchev–Trinajstić information content (AvgIpc) is 2.60. The largest absolute Gasteiger partial charge is 0.475 e. The minimum absolute atomic E-state index is 0.0114. The first-order valence-corrected chi connectivity index (χ1v) is 8.54. The molecule has 5 N–H and O–H groups in total. The van der Waals surface area contributed by atoms with E-state index in [2.05, 4.69) is 15.0 Å². The minimum atomic E-state index is -4.21. The fourth-order valence-corrected chi connectivity index (χ4v) is 2.97. The lowest BCUT2D eigenvalue weighted by molar-refractivity contribution is -0.182. The molecular formula is C16H21F5N4O3. The number of nitrogens with two attached hydrogens (primary N) is 2. The molecule has 0 unspecified atom stereocenters. The molecule has 1 fully saturated rings. The first-order chi connectivity index (χ1) is 13.1. The Bertz CT molecular complexity index is 679. The first-order valence-electron chi connectivity index (χ1n) is 8.54. The maximum absolute atomic E-state index is 12.8. The monoisotopic (exact) mass is 412 g/mol. The van der Waals surface area contributed by atoms with Crippen LogP contribution in [0.15, 0.2) is 6.07 Å². The Hall–Kier alpha value is -2.37. The summed E-state index contributed by atoms with van der Waals surface area (Å²) in [6.45, 7) is -3.72. The number of amides is 1. The van der Waals surface area contributed by atoms with Crippen LogP contribution < -0.4 is 21.5 Å². The molecule has 1 amide bonds. The topological polar surface area (TPSA) is 112 Å². The number of ether oxygens (including phenoxy) is 2. The van der Waals surface area contributed by atoms with Gasteiger partial charge in [0, 0.05) is 6.04 Å². The number of anilines is 2. The quantitative estimate of drug-likeness (QED) is 0.447. The molecule has 0 spiro atoms. The number of carbonyl (C=O) groups excluding carboxylic acids is 1. The summed E-state index contributed by atoms with van der Waals surface area (Å²) < 4.78 is 71.3. The molecule has 12 heteroatoms. The molecule has 0 saturated heterocycles. The molecule has 0 radical (unpaired) electrons. The number of halogens is 5. The van der Waals surface area contributed by atoms with E-state index in [4.69, 9.17) is 16.2 Å². The Kier molecular flexibility index (Phi) is 7.22. The van der Waals surface area contributed by atoms with Gasteiger partial charge in [-0.3, -0.25) is 4.79 Å². The number of pyridine rings is 1. The lowest BCUT2D eigenvalue weighted by Gasteiger charge is -2.31. The number of hydrogen-bond acceptors (Lipinski definition) is 6. The number of aromatic nitrogens is 1. The van der Waals surface area contributed by atoms with Gasteiger partial charge < -0.3 is 26.3 Å². The minimum Gasteiger partial charge on any atom is -0.475 e. The Balaban J connectivity index is 2.03. The number of nitrogen functional groups attached to an aromatic ring is 1. The zero-order valence-corrected chi connectivity index (χ0v) is 14.8. The van der Waals surface area contributed by atoms with Crippen LogP contribution in [-0.2, 0) is 4.74 Å². The maximum atomic E-state index is 12.8. The molecule has 1 aromatic rings. The molecule has 158 valence electrons. The molecule has 7 nitrogen and oxygen atoms in total. The van der Waals surface area contributed by atoms with Crippen LogP contribution in [0.4, 0.5) is 33.5 Å². The third kappa shape index (κ3) is 6.08. The van der Waals surface area contributed by atoms with E-state index in [1.54, 1.807) is 0 Å². The Labute approximate surface area is 157 Å². The maximum Gasteiger partial charge on any atom is 0.391 e. The molecule has 0 aromatic carbocycles. The molecule has 1 heterocycles. The summed E-state index contributed by atoms with van der Waals surface area (Å²) in [5.74, 6) is -2.52. The highest BCUT2D eigenvalue weighted by Crippen LogP contribution is 2.38. The molecule has 1 aliphatic carbocycles. The zero-order chi connectivity index (χ0) is 20.9. The van der Waals surface area contributed by atoms with E-state index < -0.39 is 31.2 Å². The van der Waals surface area contributed by atoms with Gasteiger partial charge in [-0.2, -0.15) is 26.9 Å². The number of alkyl halides is 5. The van der Waals surface area contributed by atoms with Crippen molar-refractivity contribution in [3.63, 3.8) is 0 Å². The number of carbonyl (C=O) groups is 1. The lowest BCUT2D eigenvalue weighted by atomic mass is 9.85. The average molecular weight is 412 g/mol. The second kappa shape index (κ2) is 9.22. The van der Waals surface area contributed by atoms with E-state index >= 15 is 0 Å². The van der Waals surface area contributed by atoms with Gasteiger partial charge in [0.1, 0.15) is 12.2 Å². The Morgan fingerprint density at radius 3 is 2.43 bits per heavy atom. The molecule has 0 atom stereocenters. The van der Waals surface area contributed by atoms with Crippen molar-refractivity contribution < 1.29 is 36.2 Å². The number of nitrogens with one attached hydrogen (secondary N) is 1. The molecule has 28 heavy (non-hydrogen) atoms. The van der Waals surface area contributed by atoms with Crippen LogP contribution in [0.25, 0.3) is 0 Å². The Morgan fingerprint density at radius 2 is 1.89 bits per heavy atom. The van der Waals surface area contributed by atoms with Gasteiger partial charge >= 0.3 is 12.8 Å². The van der Waals surface area contributed by atoms with Gasteiger partial charge in [-0.05, 0) is 31.7 Å². The van der Waals surface area contributed by atoms with Crippen molar-refractivity contribution in [1.82, 2.24) is 4.98 Å². The van der Waals surface area contributed by atoms with Gasteiger partial charge in [-0.25, -0.2) is 0 Å². The summed E-state index contributed by atoms with van der Waals surface area (Å²) in [7, 11) is 0. The third-order valence-electron chi connectivity index (χ3n) is 4.40. The van der Waals surface area contributed by atoms with Crippen molar-refractivity contribution in [3.05, 3.63) is 11.6 Å². The van der Waals surface area contributed by atoms with Gasteiger partial charge in [0.2, 0.25) is 5.88 Å². The van der Waals surface area contributed by atoms with Gasteiger partial charge in [0.25, 0.3) is 5.91 Å². The highest BCUT2D eigenvalue weighted by Gasteiger charge is 2.41. The van der Waals surface area contributed by atoms with E-state index in [1.807, 2.05) is 0 Å². The van der Waals surface area contributed by atoms with Gasteiger partial charge in [-0.1, -0.05) is 0 Å². The van der Waals surface area contributed by atoms with Crippen molar-refractivity contribution in [2.24, 2.45) is 11.7 Å². The van der Waals surface area contributed by atoms with E-state index in [9.17, 15) is 26.7 Å². The summed E-state index contributed by atoms with van der Waals surface area (Å²) in [4.78, 5) is 15.5. The number of hydrogen-bond donors (Lipinski definition) is 3. The van der Waals surface area contributed by atoms with Crippen LogP contribution >= 0.6 is 0 Å². The van der Waals surface area contributed by atoms with Gasteiger partial charge in [-0.15, -0.1) is 0 Å². The summed E-state index contributed by atoms with van der Waals surface area (Å²) in [6.07, 6.45) is -3.68. The lowest BCUT2D eigenvalue weighted by Crippen LogP contribution is -2.33. The van der Waals surface area contributed by atoms with E-state index in [0.717, 1.165) is 0 Å². The standard InChI is InChI=1S/C16H21F5N4O3/c17-15(18)28-6-5-27-14-10(13(23)26)7-11(12(22)25-14)24-9-3-1-8(2-4-9)16(19,20)21/h7-9,15,24H,1-6H2,(H2,22,25)(H2,23,26). The number of primary amides is 1. The highest BCUT2D eigenvalue weighted by molar-refractivity contribution is 5.96.